The van der Waals surface area contributed by atoms with Gasteiger partial charge in [-0.1, -0.05) is 0 Å². The van der Waals surface area contributed by atoms with E-state index >= 15 is 0 Å². The molecule has 0 aromatic carbocycles. The summed E-state index contributed by atoms with van der Waals surface area (Å²) in [5, 5.41) is 12.5. The van der Waals surface area contributed by atoms with Crippen molar-refractivity contribution in [2.24, 2.45) is 0 Å². The van der Waals surface area contributed by atoms with E-state index in [0.29, 0.717) is 19.6 Å². The molecule has 0 aliphatic carbocycles. The molecule has 1 rings (SSSR count). The molecule has 1 unspecified atom stereocenters. The number of hydrogen-bond donors (Lipinski definition) is 2. The molecule has 2 N–H and O–H groups in total. The number of halogens is 1. The molecule has 0 bridgehead atoms. The molecule has 0 amide bonds. The van der Waals surface area contributed by atoms with Crippen molar-refractivity contribution >= 4 is 21.7 Å². The van der Waals surface area contributed by atoms with Gasteiger partial charge in [0.15, 0.2) is 0 Å². The van der Waals surface area contributed by atoms with Crippen LogP contribution in [-0.4, -0.2) is 36.5 Å². The third-order valence-corrected chi connectivity index (χ3v) is 2.34. The van der Waals surface area contributed by atoms with E-state index in [1.54, 1.807) is 13.3 Å². The highest BCUT2D eigenvalue weighted by atomic mass is 79.9. The number of hydrogen-bond acceptors (Lipinski definition) is 4. The van der Waals surface area contributed by atoms with Gasteiger partial charge < -0.3 is 15.2 Å². The Balaban J connectivity index is 2.22. The summed E-state index contributed by atoms with van der Waals surface area (Å²) in [6, 6.07) is 3.80. The Labute approximate surface area is 97.8 Å². The fraction of sp³-hybridized carbons (Fsp3) is 0.500. The van der Waals surface area contributed by atoms with Gasteiger partial charge in [0.25, 0.3) is 0 Å². The first-order valence-electron chi connectivity index (χ1n) is 4.75. The molecular formula is C10H15BrN2O2. The Bertz CT molecular complexity index is 279. The predicted octanol–water partition coefficient (Wildman–Crippen LogP) is 1.65. The second-order valence-corrected chi connectivity index (χ2v) is 4.10. The lowest BCUT2D eigenvalue weighted by atomic mass is 10.2. The third kappa shape index (κ3) is 5.11. The summed E-state index contributed by atoms with van der Waals surface area (Å²) in [7, 11) is 1.58. The van der Waals surface area contributed by atoms with Gasteiger partial charge in [0.05, 0.1) is 12.7 Å². The predicted molar refractivity (Wildman–Crippen MR) is 62.9 cm³/mol. The van der Waals surface area contributed by atoms with Crippen molar-refractivity contribution in [3.8, 4) is 0 Å². The maximum Gasteiger partial charge on any atom is 0.125 e. The van der Waals surface area contributed by atoms with E-state index < -0.39 is 6.10 Å². The van der Waals surface area contributed by atoms with E-state index in [-0.39, 0.29) is 0 Å². The number of nitrogens with one attached hydrogen (secondary N) is 1. The molecule has 0 aliphatic rings. The third-order valence-electron chi connectivity index (χ3n) is 1.87. The highest BCUT2D eigenvalue weighted by Crippen LogP contribution is 2.10. The summed E-state index contributed by atoms with van der Waals surface area (Å²) in [5.41, 5.74) is 0. The highest BCUT2D eigenvalue weighted by molar-refractivity contribution is 9.10. The molecule has 1 aromatic heterocycles. The average molecular weight is 275 g/mol. The number of nitrogens with zero attached hydrogens (tertiary/aromatic N) is 1. The second kappa shape index (κ2) is 6.76. The van der Waals surface area contributed by atoms with Crippen LogP contribution in [0.4, 0.5) is 5.82 Å². The molecule has 0 saturated heterocycles. The van der Waals surface area contributed by atoms with Gasteiger partial charge in [-0.15, -0.1) is 0 Å². The van der Waals surface area contributed by atoms with Crippen molar-refractivity contribution in [1.82, 2.24) is 4.98 Å². The largest absolute Gasteiger partial charge is 0.391 e. The first kappa shape index (κ1) is 12.4. The highest BCUT2D eigenvalue weighted by Gasteiger charge is 2.02. The number of aliphatic hydroxyl groups is 1. The standard InChI is InChI=1S/C10H15BrN2O2/c1-15-7-9(14)4-5-12-10-3-2-8(11)6-13-10/h2-3,6,9,14H,4-5,7H2,1H3,(H,12,13). The van der Waals surface area contributed by atoms with Gasteiger partial charge >= 0.3 is 0 Å². The number of anilines is 1. The summed E-state index contributed by atoms with van der Waals surface area (Å²) in [4.78, 5) is 4.15. The lowest BCUT2D eigenvalue weighted by molar-refractivity contribution is 0.0615. The Morgan fingerprint density at radius 3 is 3.00 bits per heavy atom. The number of ether oxygens (including phenoxy) is 1. The van der Waals surface area contributed by atoms with E-state index in [0.717, 1.165) is 10.3 Å². The van der Waals surface area contributed by atoms with Crippen molar-refractivity contribution < 1.29 is 9.84 Å². The zero-order valence-corrected chi connectivity index (χ0v) is 10.2. The Kier molecular flexibility index (Phi) is 5.60. The molecule has 0 spiro atoms. The van der Waals surface area contributed by atoms with Crippen molar-refractivity contribution in [3.05, 3.63) is 22.8 Å². The SMILES string of the molecule is COCC(O)CCNc1ccc(Br)cn1. The summed E-state index contributed by atoms with van der Waals surface area (Å²) in [5.74, 6) is 0.808. The van der Waals surface area contributed by atoms with Crippen LogP contribution in [-0.2, 0) is 4.74 Å². The summed E-state index contributed by atoms with van der Waals surface area (Å²) in [6.45, 7) is 1.05. The average Bonchev–Trinajstić information content (AvgIpc) is 2.21. The van der Waals surface area contributed by atoms with E-state index in [1.165, 1.54) is 0 Å². The van der Waals surface area contributed by atoms with Crippen LogP contribution in [0.5, 0.6) is 0 Å². The second-order valence-electron chi connectivity index (χ2n) is 3.19. The van der Waals surface area contributed by atoms with Gasteiger partial charge in [-0.05, 0) is 34.5 Å². The molecule has 0 fully saturated rings. The molecular weight excluding hydrogens is 260 g/mol. The van der Waals surface area contributed by atoms with Gasteiger partial charge in [0, 0.05) is 24.3 Å². The van der Waals surface area contributed by atoms with Crippen molar-refractivity contribution in [2.75, 3.05) is 25.6 Å². The topological polar surface area (TPSA) is 54.4 Å². The van der Waals surface area contributed by atoms with Crippen LogP contribution in [0.15, 0.2) is 22.8 Å². The minimum absolute atomic E-state index is 0.370. The molecule has 1 atom stereocenters. The zero-order valence-electron chi connectivity index (χ0n) is 8.61. The Hall–Kier alpha value is -0.650. The molecule has 15 heavy (non-hydrogen) atoms. The van der Waals surface area contributed by atoms with Crippen LogP contribution in [0.2, 0.25) is 0 Å². The van der Waals surface area contributed by atoms with Crippen molar-refractivity contribution in [1.29, 1.82) is 0 Å². The van der Waals surface area contributed by atoms with Crippen LogP contribution < -0.4 is 5.32 Å². The summed E-state index contributed by atoms with van der Waals surface area (Å²) < 4.78 is 5.77. The molecule has 0 aliphatic heterocycles. The lowest BCUT2D eigenvalue weighted by Crippen LogP contribution is -2.18. The van der Waals surface area contributed by atoms with Gasteiger partial charge in [-0.2, -0.15) is 0 Å². The van der Waals surface area contributed by atoms with Crippen LogP contribution in [0.25, 0.3) is 0 Å². The zero-order chi connectivity index (χ0) is 11.1. The van der Waals surface area contributed by atoms with E-state index in [9.17, 15) is 5.11 Å². The minimum Gasteiger partial charge on any atom is -0.391 e. The molecule has 1 heterocycles. The number of methoxy groups -OCH3 is 1. The Morgan fingerprint density at radius 1 is 1.60 bits per heavy atom. The molecule has 4 nitrogen and oxygen atoms in total. The first-order chi connectivity index (χ1) is 7.22. The normalized spacial score (nSPS) is 12.5. The maximum absolute atomic E-state index is 9.38. The quantitative estimate of drug-likeness (QED) is 0.829. The van der Waals surface area contributed by atoms with E-state index in [1.807, 2.05) is 12.1 Å². The molecule has 0 saturated carbocycles. The first-order valence-corrected chi connectivity index (χ1v) is 5.54. The molecule has 5 heteroatoms. The van der Waals surface area contributed by atoms with Gasteiger partial charge in [0.2, 0.25) is 0 Å². The van der Waals surface area contributed by atoms with Gasteiger partial charge in [-0.25, -0.2) is 4.98 Å². The fourth-order valence-electron chi connectivity index (χ4n) is 1.12. The van der Waals surface area contributed by atoms with Gasteiger partial charge in [-0.3, -0.25) is 0 Å². The van der Waals surface area contributed by atoms with Crippen LogP contribution in [0.3, 0.4) is 0 Å². The molecule has 0 radical (unpaired) electrons. The minimum atomic E-state index is -0.419. The van der Waals surface area contributed by atoms with Crippen LogP contribution in [0.1, 0.15) is 6.42 Å². The Morgan fingerprint density at radius 2 is 2.40 bits per heavy atom. The fourth-order valence-corrected chi connectivity index (χ4v) is 1.36. The molecule has 84 valence electrons. The van der Waals surface area contributed by atoms with E-state index in [2.05, 4.69) is 26.2 Å². The maximum atomic E-state index is 9.38. The van der Waals surface area contributed by atoms with Crippen LogP contribution >= 0.6 is 15.9 Å². The number of rotatable bonds is 6. The number of pyridine rings is 1. The summed E-state index contributed by atoms with van der Waals surface area (Å²) >= 11 is 3.31. The van der Waals surface area contributed by atoms with E-state index in [4.69, 9.17) is 4.74 Å². The monoisotopic (exact) mass is 274 g/mol. The number of aromatic nitrogens is 1. The van der Waals surface area contributed by atoms with Crippen molar-refractivity contribution in [2.45, 2.75) is 12.5 Å². The number of aliphatic hydroxyl groups excluding tert-OH is 1. The molecule has 1 aromatic rings. The lowest BCUT2D eigenvalue weighted by Gasteiger charge is -2.10. The van der Waals surface area contributed by atoms with Crippen molar-refractivity contribution in [3.63, 3.8) is 0 Å². The van der Waals surface area contributed by atoms with Gasteiger partial charge in [0.1, 0.15) is 5.82 Å². The van der Waals surface area contributed by atoms with Crippen LogP contribution in [0, 0.1) is 0 Å². The smallest absolute Gasteiger partial charge is 0.125 e. The summed E-state index contributed by atoms with van der Waals surface area (Å²) in [6.07, 6.45) is 1.96.